The minimum atomic E-state index is -3.29. The normalized spacial score (nSPS) is 14.6. The summed E-state index contributed by atoms with van der Waals surface area (Å²) in [4.78, 5) is 12.6. The van der Waals surface area contributed by atoms with Gasteiger partial charge >= 0.3 is 0 Å². The van der Waals surface area contributed by atoms with Crippen molar-refractivity contribution >= 4 is 21.4 Å². The van der Waals surface area contributed by atoms with Crippen molar-refractivity contribution in [1.82, 2.24) is 0 Å². The van der Waals surface area contributed by atoms with E-state index in [1.54, 1.807) is 56.7 Å². The SMILES string of the molecule is COc1ccc(CC(=O)Nc2ccc(S(=O)(=O)C3CCCC3)cc2)cc1OC. The highest BCUT2D eigenvalue weighted by Crippen LogP contribution is 2.30. The van der Waals surface area contributed by atoms with E-state index in [1.807, 2.05) is 0 Å². The predicted octanol–water partition coefficient (Wildman–Crippen LogP) is 3.60. The van der Waals surface area contributed by atoms with Gasteiger partial charge in [-0.1, -0.05) is 18.9 Å². The number of ether oxygens (including phenoxy) is 2. The van der Waals surface area contributed by atoms with Crippen LogP contribution in [0.3, 0.4) is 0 Å². The Morgan fingerprint density at radius 1 is 1.00 bits per heavy atom. The van der Waals surface area contributed by atoms with Gasteiger partial charge in [0, 0.05) is 5.69 Å². The number of hydrogen-bond acceptors (Lipinski definition) is 5. The fraction of sp³-hybridized carbons (Fsp3) is 0.381. The smallest absolute Gasteiger partial charge is 0.228 e. The molecule has 1 aliphatic carbocycles. The van der Waals surface area contributed by atoms with Crippen molar-refractivity contribution in [3.8, 4) is 11.5 Å². The second-order valence-electron chi connectivity index (χ2n) is 6.89. The van der Waals surface area contributed by atoms with Crippen LogP contribution >= 0.6 is 0 Å². The van der Waals surface area contributed by atoms with Gasteiger partial charge in [-0.25, -0.2) is 8.42 Å². The van der Waals surface area contributed by atoms with E-state index >= 15 is 0 Å². The standard InChI is InChI=1S/C21H25NO5S/c1-26-19-12-7-15(13-20(19)27-2)14-21(23)22-16-8-10-18(11-9-16)28(24,25)17-5-3-4-6-17/h7-13,17H,3-6,14H2,1-2H3,(H,22,23). The quantitative estimate of drug-likeness (QED) is 0.764. The van der Waals surface area contributed by atoms with Gasteiger partial charge in [0.2, 0.25) is 5.91 Å². The van der Waals surface area contributed by atoms with Gasteiger partial charge in [-0.05, 0) is 54.8 Å². The Kier molecular flexibility index (Phi) is 6.24. The highest BCUT2D eigenvalue weighted by molar-refractivity contribution is 7.92. The molecule has 1 fully saturated rings. The van der Waals surface area contributed by atoms with Crippen LogP contribution in [0.15, 0.2) is 47.4 Å². The molecule has 0 aromatic heterocycles. The first kappa shape index (κ1) is 20.2. The second kappa shape index (κ2) is 8.65. The number of amides is 1. The van der Waals surface area contributed by atoms with E-state index in [-0.39, 0.29) is 17.6 Å². The number of methoxy groups -OCH3 is 2. The molecule has 0 radical (unpaired) electrons. The molecule has 28 heavy (non-hydrogen) atoms. The van der Waals surface area contributed by atoms with Crippen molar-refractivity contribution in [2.45, 2.75) is 42.2 Å². The number of anilines is 1. The third kappa shape index (κ3) is 4.47. The van der Waals surface area contributed by atoms with Gasteiger partial charge in [-0.15, -0.1) is 0 Å². The molecule has 2 aromatic rings. The summed E-state index contributed by atoms with van der Waals surface area (Å²) in [6, 6.07) is 11.7. The first-order chi connectivity index (χ1) is 13.4. The maximum Gasteiger partial charge on any atom is 0.228 e. The van der Waals surface area contributed by atoms with Crippen LogP contribution in [0.4, 0.5) is 5.69 Å². The van der Waals surface area contributed by atoms with Gasteiger partial charge in [-0.2, -0.15) is 0 Å². The number of sulfone groups is 1. The zero-order valence-corrected chi connectivity index (χ0v) is 16.9. The maximum atomic E-state index is 12.6. The van der Waals surface area contributed by atoms with Crippen molar-refractivity contribution in [1.29, 1.82) is 0 Å². The molecule has 1 aliphatic rings. The first-order valence-corrected chi connectivity index (χ1v) is 10.8. The average molecular weight is 404 g/mol. The summed E-state index contributed by atoms with van der Waals surface area (Å²) >= 11 is 0. The lowest BCUT2D eigenvalue weighted by Gasteiger charge is -2.12. The first-order valence-electron chi connectivity index (χ1n) is 9.29. The molecule has 0 heterocycles. The molecule has 150 valence electrons. The summed E-state index contributed by atoms with van der Waals surface area (Å²) in [7, 11) is -0.184. The van der Waals surface area contributed by atoms with Gasteiger partial charge in [-0.3, -0.25) is 4.79 Å². The van der Waals surface area contributed by atoms with E-state index < -0.39 is 9.84 Å². The van der Waals surface area contributed by atoms with Crippen LogP contribution in [-0.2, 0) is 21.1 Å². The molecule has 0 bridgehead atoms. The Balaban J connectivity index is 1.65. The Labute approximate surface area is 165 Å². The Morgan fingerprint density at radius 3 is 2.25 bits per heavy atom. The molecule has 6 nitrogen and oxygen atoms in total. The van der Waals surface area contributed by atoms with Crippen LogP contribution in [0.25, 0.3) is 0 Å². The van der Waals surface area contributed by atoms with Crippen molar-refractivity contribution in [3.63, 3.8) is 0 Å². The number of nitrogens with one attached hydrogen (secondary N) is 1. The van der Waals surface area contributed by atoms with Gasteiger partial charge in [0.1, 0.15) is 0 Å². The van der Waals surface area contributed by atoms with Crippen molar-refractivity contribution in [2.75, 3.05) is 19.5 Å². The molecular weight excluding hydrogens is 378 g/mol. The number of benzene rings is 2. The topological polar surface area (TPSA) is 81.7 Å². The molecule has 0 atom stereocenters. The van der Waals surface area contributed by atoms with Crippen molar-refractivity contribution < 1.29 is 22.7 Å². The fourth-order valence-corrected chi connectivity index (χ4v) is 5.35. The molecule has 0 unspecified atom stereocenters. The molecular formula is C21H25NO5S. The lowest BCUT2D eigenvalue weighted by Crippen LogP contribution is -2.18. The van der Waals surface area contributed by atoms with Gasteiger partial charge < -0.3 is 14.8 Å². The number of hydrogen-bond donors (Lipinski definition) is 1. The molecule has 3 rings (SSSR count). The highest BCUT2D eigenvalue weighted by Gasteiger charge is 2.30. The largest absolute Gasteiger partial charge is 0.493 e. The average Bonchev–Trinajstić information content (AvgIpc) is 3.24. The third-order valence-corrected chi connectivity index (χ3v) is 7.30. The zero-order valence-electron chi connectivity index (χ0n) is 16.1. The lowest BCUT2D eigenvalue weighted by molar-refractivity contribution is -0.115. The van der Waals surface area contributed by atoms with Crippen LogP contribution in [0.5, 0.6) is 11.5 Å². The predicted molar refractivity (Wildman–Crippen MR) is 108 cm³/mol. The minimum Gasteiger partial charge on any atom is -0.493 e. The minimum absolute atomic E-state index is 0.169. The van der Waals surface area contributed by atoms with E-state index in [4.69, 9.17) is 9.47 Å². The molecule has 0 spiro atoms. The summed E-state index contributed by atoms with van der Waals surface area (Å²) in [6.07, 6.45) is 3.56. The molecule has 1 amide bonds. The Bertz CT molecular complexity index is 932. The van der Waals surface area contributed by atoms with Gasteiger partial charge in [0.25, 0.3) is 0 Å². The second-order valence-corrected chi connectivity index (χ2v) is 9.12. The summed E-state index contributed by atoms with van der Waals surface area (Å²) in [5.74, 6) is 0.971. The van der Waals surface area contributed by atoms with E-state index in [1.165, 1.54) is 0 Å². The monoisotopic (exact) mass is 403 g/mol. The fourth-order valence-electron chi connectivity index (χ4n) is 3.50. The number of carbonyl (C=O) groups excluding carboxylic acids is 1. The van der Waals surface area contributed by atoms with E-state index in [0.29, 0.717) is 22.1 Å². The van der Waals surface area contributed by atoms with E-state index in [2.05, 4.69) is 5.32 Å². The Morgan fingerprint density at radius 2 is 1.64 bits per heavy atom. The molecule has 7 heteroatoms. The van der Waals surface area contributed by atoms with Gasteiger partial charge in [0.05, 0.1) is 30.8 Å². The molecule has 0 aliphatic heterocycles. The summed E-state index contributed by atoms with van der Waals surface area (Å²) in [5, 5.41) is 2.52. The molecule has 0 saturated heterocycles. The van der Waals surface area contributed by atoms with Crippen LogP contribution in [0, 0.1) is 0 Å². The van der Waals surface area contributed by atoms with E-state index in [9.17, 15) is 13.2 Å². The molecule has 1 N–H and O–H groups in total. The van der Waals surface area contributed by atoms with Gasteiger partial charge in [0.15, 0.2) is 21.3 Å². The molecule has 1 saturated carbocycles. The van der Waals surface area contributed by atoms with Crippen molar-refractivity contribution in [3.05, 3.63) is 48.0 Å². The lowest BCUT2D eigenvalue weighted by atomic mass is 10.1. The Hall–Kier alpha value is -2.54. The maximum absolute atomic E-state index is 12.6. The summed E-state index contributed by atoms with van der Waals surface area (Å²) < 4.78 is 35.7. The highest BCUT2D eigenvalue weighted by atomic mass is 32.2. The van der Waals surface area contributed by atoms with Crippen molar-refractivity contribution in [2.24, 2.45) is 0 Å². The number of rotatable bonds is 7. The summed E-state index contributed by atoms with van der Waals surface area (Å²) in [6.45, 7) is 0. The third-order valence-electron chi connectivity index (χ3n) is 5.02. The van der Waals surface area contributed by atoms with Crippen LogP contribution < -0.4 is 14.8 Å². The van der Waals surface area contributed by atoms with Crippen LogP contribution in [0.2, 0.25) is 0 Å². The summed E-state index contributed by atoms with van der Waals surface area (Å²) in [5.41, 5.74) is 1.35. The van der Waals surface area contributed by atoms with Crippen LogP contribution in [0.1, 0.15) is 31.2 Å². The zero-order chi connectivity index (χ0) is 20.1. The molecule has 2 aromatic carbocycles. The van der Waals surface area contributed by atoms with E-state index in [0.717, 1.165) is 31.2 Å². The van der Waals surface area contributed by atoms with Crippen LogP contribution in [-0.4, -0.2) is 33.8 Å². The number of carbonyl (C=O) groups is 1.